The van der Waals surface area contributed by atoms with Gasteiger partial charge in [0, 0.05) is 5.56 Å². The van der Waals surface area contributed by atoms with E-state index in [1.807, 2.05) is 48.6 Å². The van der Waals surface area contributed by atoms with Crippen molar-refractivity contribution in [3.63, 3.8) is 0 Å². The predicted molar refractivity (Wildman–Crippen MR) is 262 cm³/mol. The van der Waals surface area contributed by atoms with Crippen molar-refractivity contribution < 1.29 is 47.4 Å². The van der Waals surface area contributed by atoms with Gasteiger partial charge in [-0.1, -0.05) is 54.6 Å². The van der Waals surface area contributed by atoms with Gasteiger partial charge in [0.25, 0.3) is 0 Å². The number of benzene rings is 3. The number of ether oxygens (including phenoxy) is 9. The Morgan fingerprint density at radius 2 is 1.55 bits per heavy atom. The summed E-state index contributed by atoms with van der Waals surface area (Å²) in [6, 6.07) is 24.7. The number of hydrogen-bond donors (Lipinski definition) is 0. The Hall–Kier alpha value is -2.91. The van der Waals surface area contributed by atoms with Crippen LogP contribution in [0.2, 0.25) is 17.7 Å². The van der Waals surface area contributed by atoms with Gasteiger partial charge in [0.15, 0.2) is 6.29 Å². The summed E-state index contributed by atoms with van der Waals surface area (Å²) in [5.41, 5.74) is 1.99. The molecule has 1 unspecified atom stereocenters. The van der Waals surface area contributed by atoms with Crippen LogP contribution in [0.25, 0.3) is 10.8 Å². The summed E-state index contributed by atoms with van der Waals surface area (Å²) >= 11 is -2.57. The molecular formula is C55H76O10Sn. The number of methoxy groups -OCH3 is 1. The van der Waals surface area contributed by atoms with E-state index in [0.717, 1.165) is 22.9 Å². The molecule has 0 saturated carbocycles. The summed E-state index contributed by atoms with van der Waals surface area (Å²) in [6.07, 6.45) is 13.5. The van der Waals surface area contributed by atoms with Crippen LogP contribution in [0.1, 0.15) is 102 Å². The number of rotatable bonds is 23. The standard InChI is InChI=1S/C43H49O10.3C4H9.Sn/c1-4-32-33(19-13-20-34-37(49-32)27-48-43(52-34)30-15-7-6-8-16-30)51-38(44)25-36-41(53-39(5-2)45-3)42(40-35(50-36)18-11-12-23-46-40)47-26-28-21-22-29-14-9-10-17-31(29)24-28;3*1-3-4-2;/h4,6-17,20-22,24,32-37,39-43H,1-2,5,18-19,23,25-27H2,3H3;3*1,3-4H2,2H3;/b20-13-;;;;/t32-,33+,34-,35-,36+,37+,39?,40-,41+,42+,43+;;;;/m0..../s1. The molecular weight excluding hydrogens is 939 g/mol. The molecule has 4 aliphatic heterocycles. The molecule has 4 heterocycles. The van der Waals surface area contributed by atoms with Crippen molar-refractivity contribution in [3.05, 3.63) is 121 Å². The second-order valence-electron chi connectivity index (χ2n) is 18.7. The van der Waals surface area contributed by atoms with E-state index in [9.17, 15) is 4.79 Å². The first-order valence-corrected chi connectivity index (χ1v) is 33.1. The van der Waals surface area contributed by atoms with Crippen LogP contribution < -0.4 is 0 Å². The van der Waals surface area contributed by atoms with Crippen molar-refractivity contribution in [1.29, 1.82) is 0 Å². The van der Waals surface area contributed by atoms with Gasteiger partial charge in [-0.3, -0.25) is 0 Å². The molecule has 2 fully saturated rings. The third-order valence-corrected chi connectivity index (χ3v) is 29.9. The van der Waals surface area contributed by atoms with Crippen molar-refractivity contribution in [1.82, 2.24) is 0 Å². The van der Waals surface area contributed by atoms with Gasteiger partial charge in [-0.05, 0) is 0 Å². The molecule has 66 heavy (non-hydrogen) atoms. The Morgan fingerprint density at radius 3 is 2.27 bits per heavy atom. The van der Waals surface area contributed by atoms with Gasteiger partial charge in [-0.15, -0.1) is 6.58 Å². The van der Waals surface area contributed by atoms with Gasteiger partial charge in [0.1, 0.15) is 12.2 Å². The molecule has 3 aromatic rings. The Bertz CT molecular complexity index is 1970. The second kappa shape index (κ2) is 26.2. The first kappa shape index (κ1) is 51.0. The number of hydrogen-bond acceptors (Lipinski definition) is 10. The van der Waals surface area contributed by atoms with Crippen LogP contribution in [0.15, 0.2) is 110 Å². The minimum atomic E-state index is -2.57. The third kappa shape index (κ3) is 13.9. The van der Waals surface area contributed by atoms with Crippen LogP contribution in [0, 0.1) is 0 Å². The molecule has 4 aliphatic rings. The molecule has 0 aromatic heterocycles. The molecule has 0 radical (unpaired) electrons. The molecule has 3 aromatic carbocycles. The Morgan fingerprint density at radius 1 is 0.803 bits per heavy atom. The molecule has 360 valence electrons. The molecule has 11 heteroatoms. The Kier molecular flexibility index (Phi) is 20.2. The Balaban J connectivity index is 1.12. The van der Waals surface area contributed by atoms with E-state index in [0.29, 0.717) is 32.7 Å². The van der Waals surface area contributed by atoms with E-state index in [4.69, 9.17) is 42.6 Å². The minimum absolute atomic E-state index is 0.0579. The topological polar surface area (TPSA) is 100 Å². The zero-order valence-corrected chi connectivity index (χ0v) is 42.8. The van der Waals surface area contributed by atoms with Crippen LogP contribution in [-0.4, -0.2) is 106 Å². The molecule has 7 rings (SSSR count). The van der Waals surface area contributed by atoms with Crippen molar-refractivity contribution >= 4 is 35.1 Å². The van der Waals surface area contributed by atoms with Crippen molar-refractivity contribution in [2.75, 3.05) is 20.3 Å². The summed E-state index contributed by atoms with van der Waals surface area (Å²) in [5, 5.41) is 2.32. The van der Waals surface area contributed by atoms with Crippen molar-refractivity contribution in [3.8, 4) is 0 Å². The fraction of sp³-hybridized carbons (Fsp3) is 0.582. The zero-order valence-electron chi connectivity index (χ0n) is 40.0. The monoisotopic (exact) mass is 1020 g/mol. The number of esters is 1. The van der Waals surface area contributed by atoms with E-state index < -0.39 is 79.7 Å². The molecule has 0 spiro atoms. The molecule has 0 N–H and O–H groups in total. The van der Waals surface area contributed by atoms with Crippen molar-refractivity contribution in [2.45, 2.75) is 177 Å². The van der Waals surface area contributed by atoms with Crippen LogP contribution in [0.4, 0.5) is 0 Å². The molecule has 0 amide bonds. The number of fused-ring (bicyclic) bond motifs is 3. The van der Waals surface area contributed by atoms with E-state index >= 15 is 0 Å². The van der Waals surface area contributed by atoms with Crippen LogP contribution in [0.3, 0.4) is 0 Å². The maximum atomic E-state index is 14.4. The average Bonchev–Trinajstić information content (AvgIpc) is 3.59. The predicted octanol–water partition coefficient (Wildman–Crippen LogP) is 11.8. The molecule has 10 nitrogen and oxygen atoms in total. The summed E-state index contributed by atoms with van der Waals surface area (Å²) in [6.45, 7) is 12.1. The number of carbonyl (C=O) groups excluding carboxylic acids is 1. The fourth-order valence-electron chi connectivity index (χ4n) is 10.2. The summed E-state index contributed by atoms with van der Waals surface area (Å²) in [7, 11) is 1.74. The molecule has 11 atom stereocenters. The third-order valence-electron chi connectivity index (χ3n) is 14.0. The maximum absolute atomic E-state index is 14.4. The Labute approximate surface area is 398 Å². The SMILES string of the molecule is C=C[C@@H]1O[C@@H]2CO[C@@H](c3ccccc3)O[C@H]2/C=C\C[C@H]1OC(=O)C[C@H]1O[C@H]2CC=CCO[C@@H]2[C@@H](OCc2ccc3ccccc3c2)[C@@H]1OC(C[CH2][Sn]([CH2]CCC)([CH2]CCC)[CH2]CCC)OC. The first-order chi connectivity index (χ1) is 32.3. The zero-order chi connectivity index (χ0) is 46.1. The number of unbranched alkanes of at least 4 members (excludes halogenated alkanes) is 3. The van der Waals surface area contributed by atoms with Crippen molar-refractivity contribution in [2.24, 2.45) is 0 Å². The molecule has 0 bridgehead atoms. The van der Waals surface area contributed by atoms with Crippen LogP contribution in [-0.2, 0) is 54.0 Å². The van der Waals surface area contributed by atoms with Gasteiger partial charge in [-0.25, -0.2) is 0 Å². The first-order valence-electron chi connectivity index (χ1n) is 25.0. The van der Waals surface area contributed by atoms with Gasteiger partial charge in [-0.2, -0.15) is 0 Å². The van der Waals surface area contributed by atoms with Crippen LogP contribution in [0.5, 0.6) is 0 Å². The fourth-order valence-corrected chi connectivity index (χ4v) is 26.4. The van der Waals surface area contributed by atoms with E-state index in [1.54, 1.807) is 13.2 Å². The molecule has 2 saturated heterocycles. The average molecular weight is 1020 g/mol. The summed E-state index contributed by atoms with van der Waals surface area (Å²) in [4.78, 5) is 14.4. The van der Waals surface area contributed by atoms with E-state index in [2.05, 4.69) is 75.9 Å². The van der Waals surface area contributed by atoms with E-state index in [-0.39, 0.29) is 18.6 Å². The van der Waals surface area contributed by atoms with Crippen LogP contribution >= 0.6 is 0 Å². The normalized spacial score (nSPS) is 28.8. The van der Waals surface area contributed by atoms with Gasteiger partial charge >= 0.3 is 299 Å². The van der Waals surface area contributed by atoms with Gasteiger partial charge in [0.05, 0.1) is 6.61 Å². The summed E-state index contributed by atoms with van der Waals surface area (Å²) < 4.78 is 64.7. The summed E-state index contributed by atoms with van der Waals surface area (Å²) in [5.74, 6) is -0.417. The second-order valence-corrected chi connectivity index (χ2v) is 33.0. The number of carbonyl (C=O) groups is 1. The quantitative estimate of drug-likeness (QED) is 0.0395. The van der Waals surface area contributed by atoms with Gasteiger partial charge in [0.2, 0.25) is 0 Å². The van der Waals surface area contributed by atoms with E-state index in [1.165, 1.54) is 61.7 Å². The molecule has 0 aliphatic carbocycles. The van der Waals surface area contributed by atoms with Gasteiger partial charge < -0.3 is 9.47 Å².